The average molecular weight is 435 g/mol. The SMILES string of the molecule is Cc1cc(C(=O)NCc2ccc(C(=O)N3CCOCC3)cc2)c(C)n1-c1ccccc1F. The third kappa shape index (κ3) is 4.43. The van der Waals surface area contributed by atoms with Crippen LogP contribution in [-0.4, -0.2) is 47.6 Å². The van der Waals surface area contributed by atoms with Crippen LogP contribution >= 0.6 is 0 Å². The van der Waals surface area contributed by atoms with Crippen LogP contribution in [0.5, 0.6) is 0 Å². The van der Waals surface area contributed by atoms with Gasteiger partial charge in [0.25, 0.3) is 11.8 Å². The molecule has 0 atom stereocenters. The summed E-state index contributed by atoms with van der Waals surface area (Å²) in [5.41, 5.74) is 3.89. The molecule has 0 aliphatic carbocycles. The Morgan fingerprint density at radius 3 is 2.41 bits per heavy atom. The lowest BCUT2D eigenvalue weighted by atomic mass is 10.1. The van der Waals surface area contributed by atoms with E-state index >= 15 is 0 Å². The van der Waals surface area contributed by atoms with Crippen molar-refractivity contribution >= 4 is 11.8 Å². The highest BCUT2D eigenvalue weighted by atomic mass is 19.1. The Morgan fingerprint density at radius 2 is 1.72 bits per heavy atom. The largest absolute Gasteiger partial charge is 0.378 e. The molecule has 2 amide bonds. The first-order valence-corrected chi connectivity index (χ1v) is 10.6. The lowest BCUT2D eigenvalue weighted by molar-refractivity contribution is 0.0303. The number of hydrogen-bond donors (Lipinski definition) is 1. The molecule has 32 heavy (non-hydrogen) atoms. The average Bonchev–Trinajstić information content (AvgIpc) is 3.12. The molecule has 1 aliphatic rings. The molecular formula is C25H26FN3O3. The number of benzene rings is 2. The van der Waals surface area contributed by atoms with Gasteiger partial charge in [0.2, 0.25) is 0 Å². The van der Waals surface area contributed by atoms with Gasteiger partial charge in [-0.15, -0.1) is 0 Å². The molecule has 2 heterocycles. The number of nitrogens with zero attached hydrogens (tertiary/aromatic N) is 2. The molecule has 6 nitrogen and oxygen atoms in total. The first-order chi connectivity index (χ1) is 15.5. The van der Waals surface area contributed by atoms with Gasteiger partial charge in [-0.05, 0) is 49.7 Å². The smallest absolute Gasteiger partial charge is 0.254 e. The molecule has 7 heteroatoms. The summed E-state index contributed by atoms with van der Waals surface area (Å²) in [6.45, 7) is 6.31. The van der Waals surface area contributed by atoms with Crippen LogP contribution in [-0.2, 0) is 11.3 Å². The van der Waals surface area contributed by atoms with Crippen LogP contribution in [0.3, 0.4) is 0 Å². The number of aryl methyl sites for hydroxylation is 1. The van der Waals surface area contributed by atoms with Crippen LogP contribution in [0, 0.1) is 19.7 Å². The number of ether oxygens (including phenoxy) is 1. The molecule has 1 aliphatic heterocycles. The fourth-order valence-corrected chi connectivity index (χ4v) is 3.99. The first kappa shape index (κ1) is 21.8. The van der Waals surface area contributed by atoms with Crippen molar-refractivity contribution in [1.82, 2.24) is 14.8 Å². The van der Waals surface area contributed by atoms with Crippen molar-refractivity contribution in [1.29, 1.82) is 0 Å². The molecular weight excluding hydrogens is 409 g/mol. The molecule has 0 radical (unpaired) electrons. The van der Waals surface area contributed by atoms with E-state index in [1.54, 1.807) is 52.8 Å². The van der Waals surface area contributed by atoms with E-state index in [9.17, 15) is 14.0 Å². The highest BCUT2D eigenvalue weighted by molar-refractivity contribution is 5.96. The third-order valence-electron chi connectivity index (χ3n) is 5.72. The summed E-state index contributed by atoms with van der Waals surface area (Å²) >= 11 is 0. The van der Waals surface area contributed by atoms with Crippen molar-refractivity contribution in [3.05, 3.63) is 88.5 Å². The van der Waals surface area contributed by atoms with Crippen LogP contribution < -0.4 is 5.32 Å². The van der Waals surface area contributed by atoms with Crippen LogP contribution in [0.2, 0.25) is 0 Å². The van der Waals surface area contributed by atoms with Crippen molar-refractivity contribution < 1.29 is 18.7 Å². The standard InChI is InChI=1S/C25H26FN3O3/c1-17-15-21(18(2)29(17)23-6-4-3-5-22(23)26)24(30)27-16-19-7-9-20(10-8-19)25(31)28-11-13-32-14-12-28/h3-10,15H,11-14,16H2,1-2H3,(H,27,30). The van der Waals surface area contributed by atoms with E-state index in [1.165, 1.54) is 6.07 Å². The summed E-state index contributed by atoms with van der Waals surface area (Å²) in [6.07, 6.45) is 0. The maximum atomic E-state index is 14.3. The number of morpholine rings is 1. The second kappa shape index (κ2) is 9.36. The van der Waals surface area contributed by atoms with Gasteiger partial charge in [-0.3, -0.25) is 9.59 Å². The van der Waals surface area contributed by atoms with Crippen molar-refractivity contribution in [2.45, 2.75) is 20.4 Å². The number of aromatic nitrogens is 1. The van der Waals surface area contributed by atoms with E-state index < -0.39 is 0 Å². The number of carbonyl (C=O) groups excluding carboxylic acids is 2. The Morgan fingerprint density at radius 1 is 1.03 bits per heavy atom. The zero-order chi connectivity index (χ0) is 22.7. The molecule has 3 aromatic rings. The molecule has 0 saturated carbocycles. The lowest BCUT2D eigenvalue weighted by Gasteiger charge is -2.26. The molecule has 4 rings (SSSR count). The number of rotatable bonds is 5. The number of carbonyl (C=O) groups is 2. The van der Waals surface area contributed by atoms with Gasteiger partial charge >= 0.3 is 0 Å². The summed E-state index contributed by atoms with van der Waals surface area (Å²) in [4.78, 5) is 27.1. The Balaban J connectivity index is 1.42. The maximum Gasteiger partial charge on any atom is 0.254 e. The van der Waals surface area contributed by atoms with E-state index in [4.69, 9.17) is 4.74 Å². The summed E-state index contributed by atoms with van der Waals surface area (Å²) < 4.78 is 21.3. The summed E-state index contributed by atoms with van der Waals surface area (Å²) in [5, 5.41) is 2.92. The number of halogens is 1. The zero-order valence-electron chi connectivity index (χ0n) is 18.2. The minimum Gasteiger partial charge on any atom is -0.378 e. The summed E-state index contributed by atoms with van der Waals surface area (Å²) in [5.74, 6) is -0.577. The quantitative estimate of drug-likeness (QED) is 0.666. The molecule has 0 spiro atoms. The number of para-hydroxylation sites is 1. The lowest BCUT2D eigenvalue weighted by Crippen LogP contribution is -2.40. The second-order valence-electron chi connectivity index (χ2n) is 7.86. The highest BCUT2D eigenvalue weighted by Gasteiger charge is 2.19. The summed E-state index contributed by atoms with van der Waals surface area (Å²) in [6, 6.07) is 15.5. The van der Waals surface area contributed by atoms with Gasteiger partial charge in [-0.1, -0.05) is 24.3 Å². The van der Waals surface area contributed by atoms with Crippen LogP contribution in [0.4, 0.5) is 4.39 Å². The molecule has 1 aromatic heterocycles. The first-order valence-electron chi connectivity index (χ1n) is 10.6. The van der Waals surface area contributed by atoms with Crippen molar-refractivity contribution in [2.24, 2.45) is 0 Å². The number of hydrogen-bond acceptors (Lipinski definition) is 3. The monoisotopic (exact) mass is 435 g/mol. The topological polar surface area (TPSA) is 63.6 Å². The van der Waals surface area contributed by atoms with E-state index in [0.717, 1.165) is 11.3 Å². The Kier molecular flexibility index (Phi) is 6.37. The fourth-order valence-electron chi connectivity index (χ4n) is 3.99. The van der Waals surface area contributed by atoms with Crippen LogP contribution in [0.1, 0.15) is 37.7 Å². The molecule has 1 saturated heterocycles. The zero-order valence-corrected chi connectivity index (χ0v) is 18.2. The second-order valence-corrected chi connectivity index (χ2v) is 7.86. The van der Waals surface area contributed by atoms with E-state index in [0.29, 0.717) is 55.4 Å². The molecule has 0 unspecified atom stereocenters. The van der Waals surface area contributed by atoms with E-state index in [-0.39, 0.29) is 17.6 Å². The van der Waals surface area contributed by atoms with Gasteiger partial charge in [0.05, 0.1) is 24.5 Å². The Labute approximate surface area is 186 Å². The Bertz CT molecular complexity index is 1130. The number of nitrogens with one attached hydrogen (secondary N) is 1. The van der Waals surface area contributed by atoms with Gasteiger partial charge in [-0.2, -0.15) is 0 Å². The molecule has 166 valence electrons. The van der Waals surface area contributed by atoms with Crippen molar-refractivity contribution in [3.63, 3.8) is 0 Å². The Hall–Kier alpha value is -3.45. The molecule has 2 aromatic carbocycles. The van der Waals surface area contributed by atoms with Gasteiger partial charge < -0.3 is 19.5 Å². The minimum atomic E-state index is -0.340. The van der Waals surface area contributed by atoms with Gasteiger partial charge in [0, 0.05) is 36.6 Å². The highest BCUT2D eigenvalue weighted by Crippen LogP contribution is 2.23. The van der Waals surface area contributed by atoms with Crippen molar-refractivity contribution in [3.8, 4) is 5.69 Å². The predicted octanol–water partition coefficient (Wildman–Crippen LogP) is 3.64. The molecule has 1 fully saturated rings. The normalized spacial score (nSPS) is 13.8. The van der Waals surface area contributed by atoms with Crippen LogP contribution in [0.25, 0.3) is 5.69 Å². The molecule has 1 N–H and O–H groups in total. The van der Waals surface area contributed by atoms with E-state index in [2.05, 4.69) is 5.32 Å². The number of amides is 2. The third-order valence-corrected chi connectivity index (χ3v) is 5.72. The molecule has 0 bridgehead atoms. The summed E-state index contributed by atoms with van der Waals surface area (Å²) in [7, 11) is 0. The minimum absolute atomic E-state index is 0.00975. The van der Waals surface area contributed by atoms with Gasteiger partial charge in [0.15, 0.2) is 0 Å². The fraction of sp³-hybridized carbons (Fsp3) is 0.280. The van der Waals surface area contributed by atoms with E-state index in [1.807, 2.05) is 19.1 Å². The maximum absolute atomic E-state index is 14.3. The van der Waals surface area contributed by atoms with Gasteiger partial charge in [0.1, 0.15) is 5.82 Å². The van der Waals surface area contributed by atoms with Crippen molar-refractivity contribution in [2.75, 3.05) is 26.3 Å². The van der Waals surface area contributed by atoms with Crippen LogP contribution in [0.15, 0.2) is 54.6 Å². The predicted molar refractivity (Wildman–Crippen MR) is 120 cm³/mol. The van der Waals surface area contributed by atoms with Gasteiger partial charge in [-0.25, -0.2) is 4.39 Å².